The summed E-state index contributed by atoms with van der Waals surface area (Å²) in [5, 5.41) is 19.8. The minimum Gasteiger partial charge on any atom is -0.467 e. The number of hydrogen-bond acceptors (Lipinski definition) is 4. The van der Waals surface area contributed by atoms with E-state index in [1.807, 2.05) is 0 Å². The largest absolute Gasteiger partial charge is 0.467 e. The van der Waals surface area contributed by atoms with E-state index in [-0.39, 0.29) is 0 Å². The predicted octanol–water partition coefficient (Wildman–Crippen LogP) is 0.395. The Kier molecular flexibility index (Phi) is 2.40. The summed E-state index contributed by atoms with van der Waals surface area (Å²) in [5.74, 6) is 0.545. The lowest BCUT2D eigenvalue weighted by atomic mass is 9.83. The normalized spacial score (nSPS) is 45.4. The van der Waals surface area contributed by atoms with Crippen molar-refractivity contribution in [2.75, 3.05) is 7.11 Å². The van der Waals surface area contributed by atoms with Crippen molar-refractivity contribution in [2.24, 2.45) is 0 Å². The molecule has 3 atom stereocenters. The van der Waals surface area contributed by atoms with Crippen molar-refractivity contribution in [2.45, 2.75) is 38.3 Å². The van der Waals surface area contributed by atoms with Gasteiger partial charge in [-0.2, -0.15) is 0 Å². The van der Waals surface area contributed by atoms with Crippen LogP contribution < -0.4 is 0 Å². The Morgan fingerprint density at radius 1 is 1.46 bits per heavy atom. The molecular weight excluding hydrogens is 172 g/mol. The SMILES string of the molecule is CO[C@@H]1OC(C)=C[C@@](C)(O)[C@@]1(C)O. The van der Waals surface area contributed by atoms with E-state index >= 15 is 0 Å². The molecule has 0 unspecified atom stereocenters. The molecule has 0 aromatic rings. The zero-order chi connectivity index (χ0) is 10.3. The second-order valence-electron chi connectivity index (χ2n) is 3.74. The molecule has 1 aliphatic heterocycles. The Morgan fingerprint density at radius 3 is 2.46 bits per heavy atom. The average molecular weight is 188 g/mol. The molecule has 4 heteroatoms. The van der Waals surface area contributed by atoms with Gasteiger partial charge in [-0.25, -0.2) is 0 Å². The zero-order valence-corrected chi connectivity index (χ0v) is 8.37. The molecule has 0 amide bonds. The lowest BCUT2D eigenvalue weighted by Crippen LogP contribution is -2.60. The number of aliphatic hydroxyl groups is 2. The van der Waals surface area contributed by atoms with Crippen LogP contribution in [0.4, 0.5) is 0 Å². The molecule has 0 aromatic heterocycles. The summed E-state index contributed by atoms with van der Waals surface area (Å²) < 4.78 is 10.2. The van der Waals surface area contributed by atoms with Crippen LogP contribution in [-0.4, -0.2) is 34.8 Å². The predicted molar refractivity (Wildman–Crippen MR) is 46.9 cm³/mol. The van der Waals surface area contributed by atoms with E-state index in [1.165, 1.54) is 27.0 Å². The molecule has 1 rings (SSSR count). The molecule has 0 fully saturated rings. The van der Waals surface area contributed by atoms with E-state index in [4.69, 9.17) is 9.47 Å². The fourth-order valence-electron chi connectivity index (χ4n) is 1.38. The highest BCUT2D eigenvalue weighted by molar-refractivity contribution is 5.16. The summed E-state index contributed by atoms with van der Waals surface area (Å²) in [7, 11) is 1.42. The Balaban J connectivity index is 3.05. The van der Waals surface area contributed by atoms with Crippen LogP contribution in [0.1, 0.15) is 20.8 Å². The van der Waals surface area contributed by atoms with Crippen LogP contribution in [0.15, 0.2) is 11.8 Å². The van der Waals surface area contributed by atoms with Gasteiger partial charge >= 0.3 is 0 Å². The fraction of sp³-hybridized carbons (Fsp3) is 0.778. The Hall–Kier alpha value is -0.580. The molecule has 4 nitrogen and oxygen atoms in total. The number of hydrogen-bond donors (Lipinski definition) is 2. The molecule has 0 spiro atoms. The van der Waals surface area contributed by atoms with Crippen LogP contribution in [0.5, 0.6) is 0 Å². The first-order valence-corrected chi connectivity index (χ1v) is 4.15. The van der Waals surface area contributed by atoms with Gasteiger partial charge in [0.1, 0.15) is 5.60 Å². The third kappa shape index (κ3) is 1.57. The highest BCUT2D eigenvalue weighted by atomic mass is 16.7. The van der Waals surface area contributed by atoms with Gasteiger partial charge < -0.3 is 19.7 Å². The Labute approximate surface area is 77.8 Å². The summed E-state index contributed by atoms with van der Waals surface area (Å²) in [6.07, 6.45) is 0.634. The van der Waals surface area contributed by atoms with Gasteiger partial charge in [-0.3, -0.25) is 0 Å². The van der Waals surface area contributed by atoms with Crippen molar-refractivity contribution in [1.29, 1.82) is 0 Å². The van der Waals surface area contributed by atoms with Crippen molar-refractivity contribution >= 4 is 0 Å². The molecule has 0 aliphatic carbocycles. The van der Waals surface area contributed by atoms with Gasteiger partial charge in [-0.15, -0.1) is 0 Å². The zero-order valence-electron chi connectivity index (χ0n) is 8.37. The summed E-state index contributed by atoms with van der Waals surface area (Å²) in [6, 6.07) is 0. The van der Waals surface area contributed by atoms with Crippen molar-refractivity contribution in [3.63, 3.8) is 0 Å². The first-order valence-electron chi connectivity index (χ1n) is 4.15. The van der Waals surface area contributed by atoms with Gasteiger partial charge in [-0.05, 0) is 26.8 Å². The van der Waals surface area contributed by atoms with Crippen LogP contribution in [0, 0.1) is 0 Å². The van der Waals surface area contributed by atoms with E-state index in [2.05, 4.69) is 0 Å². The second kappa shape index (κ2) is 2.97. The third-order valence-electron chi connectivity index (χ3n) is 2.48. The third-order valence-corrected chi connectivity index (χ3v) is 2.48. The monoisotopic (exact) mass is 188 g/mol. The minimum absolute atomic E-state index is 0.545. The summed E-state index contributed by atoms with van der Waals surface area (Å²) >= 11 is 0. The molecule has 0 bridgehead atoms. The minimum atomic E-state index is -1.44. The van der Waals surface area contributed by atoms with Crippen molar-refractivity contribution in [1.82, 2.24) is 0 Å². The highest BCUT2D eigenvalue weighted by Crippen LogP contribution is 2.35. The van der Waals surface area contributed by atoms with Crippen LogP contribution >= 0.6 is 0 Å². The first kappa shape index (κ1) is 10.5. The topological polar surface area (TPSA) is 58.9 Å². The Bertz CT molecular complexity index is 230. The fourth-order valence-corrected chi connectivity index (χ4v) is 1.38. The van der Waals surface area contributed by atoms with E-state index in [0.29, 0.717) is 5.76 Å². The number of rotatable bonds is 1. The van der Waals surface area contributed by atoms with Crippen LogP contribution in [0.2, 0.25) is 0 Å². The molecule has 0 saturated heterocycles. The molecular formula is C9H16O4. The lowest BCUT2D eigenvalue weighted by Gasteiger charge is -2.44. The second-order valence-corrected chi connectivity index (χ2v) is 3.74. The van der Waals surface area contributed by atoms with Gasteiger partial charge in [0.2, 0.25) is 6.29 Å². The van der Waals surface area contributed by atoms with Gasteiger partial charge in [0.25, 0.3) is 0 Å². The summed E-state index contributed by atoms with van der Waals surface area (Å²) in [4.78, 5) is 0. The molecule has 1 aliphatic rings. The maximum Gasteiger partial charge on any atom is 0.231 e. The maximum absolute atomic E-state index is 9.94. The molecule has 0 saturated carbocycles. The van der Waals surface area contributed by atoms with Gasteiger partial charge in [0.05, 0.1) is 5.76 Å². The average Bonchev–Trinajstić information content (AvgIpc) is 1.96. The van der Waals surface area contributed by atoms with E-state index in [0.717, 1.165) is 0 Å². The molecule has 13 heavy (non-hydrogen) atoms. The van der Waals surface area contributed by atoms with Gasteiger partial charge in [0.15, 0.2) is 5.60 Å². The van der Waals surface area contributed by atoms with Crippen molar-refractivity contribution < 1.29 is 19.7 Å². The summed E-state index contributed by atoms with van der Waals surface area (Å²) in [6.45, 7) is 4.70. The number of ether oxygens (including phenoxy) is 2. The van der Waals surface area contributed by atoms with Gasteiger partial charge in [0, 0.05) is 7.11 Å². The standard InChI is InChI=1S/C9H16O4/c1-6-5-8(2,10)9(3,11)7(12-4)13-6/h5,7,10-11H,1-4H3/t7-,8-,9+/m1/s1. The van der Waals surface area contributed by atoms with Gasteiger partial charge in [-0.1, -0.05) is 0 Å². The highest BCUT2D eigenvalue weighted by Gasteiger charge is 2.51. The molecule has 0 aromatic carbocycles. The van der Waals surface area contributed by atoms with E-state index < -0.39 is 17.5 Å². The van der Waals surface area contributed by atoms with E-state index in [9.17, 15) is 10.2 Å². The van der Waals surface area contributed by atoms with Crippen LogP contribution in [-0.2, 0) is 9.47 Å². The maximum atomic E-state index is 9.94. The van der Waals surface area contributed by atoms with Crippen LogP contribution in [0.3, 0.4) is 0 Å². The smallest absolute Gasteiger partial charge is 0.231 e. The quantitative estimate of drug-likeness (QED) is 0.625. The number of allylic oxidation sites excluding steroid dienone is 1. The molecule has 1 heterocycles. The van der Waals surface area contributed by atoms with Crippen molar-refractivity contribution in [3.05, 3.63) is 11.8 Å². The molecule has 0 radical (unpaired) electrons. The Morgan fingerprint density at radius 2 is 2.00 bits per heavy atom. The summed E-state index contributed by atoms with van der Waals surface area (Å²) in [5.41, 5.74) is -2.78. The van der Waals surface area contributed by atoms with Crippen molar-refractivity contribution in [3.8, 4) is 0 Å². The number of methoxy groups -OCH3 is 1. The van der Waals surface area contributed by atoms with E-state index in [1.54, 1.807) is 6.92 Å². The van der Waals surface area contributed by atoms with Crippen LogP contribution in [0.25, 0.3) is 0 Å². The lowest BCUT2D eigenvalue weighted by molar-refractivity contribution is -0.264. The molecule has 76 valence electrons. The molecule has 2 N–H and O–H groups in total. The first-order chi connectivity index (χ1) is 5.81.